The van der Waals surface area contributed by atoms with Gasteiger partial charge in [-0.2, -0.15) is 0 Å². The zero-order chi connectivity index (χ0) is 19.7. The van der Waals surface area contributed by atoms with Crippen molar-refractivity contribution in [1.82, 2.24) is 4.57 Å². The summed E-state index contributed by atoms with van der Waals surface area (Å²) in [4.78, 5) is 12.0. The van der Waals surface area contributed by atoms with Gasteiger partial charge in [-0.1, -0.05) is 11.6 Å². The molecule has 2 heterocycles. The van der Waals surface area contributed by atoms with E-state index >= 15 is 0 Å². The maximum atomic E-state index is 12.0. The van der Waals surface area contributed by atoms with E-state index in [1.165, 1.54) is 0 Å². The van der Waals surface area contributed by atoms with Gasteiger partial charge in [0.1, 0.15) is 24.4 Å². The van der Waals surface area contributed by atoms with E-state index in [1.807, 2.05) is 25.1 Å². The Labute approximate surface area is 156 Å². The van der Waals surface area contributed by atoms with Crippen molar-refractivity contribution in [2.75, 3.05) is 13.2 Å². The smallest absolute Gasteiger partial charge is 0.310 e. The van der Waals surface area contributed by atoms with Crippen molar-refractivity contribution in [3.63, 3.8) is 0 Å². The molecule has 0 aliphatic carbocycles. The molecule has 3 rings (SSSR count). The second kappa shape index (κ2) is 7.95. The van der Waals surface area contributed by atoms with Gasteiger partial charge in [-0.15, -0.1) is 0 Å². The minimum absolute atomic E-state index is 0.0538. The molecule has 0 spiro atoms. The number of ether oxygens (including phenoxy) is 2. The average molecular weight is 379 g/mol. The third kappa shape index (κ3) is 3.71. The highest BCUT2D eigenvalue weighted by atomic mass is 16.6. The van der Waals surface area contributed by atoms with Crippen LogP contribution in [0.25, 0.3) is 10.9 Å². The van der Waals surface area contributed by atoms with Gasteiger partial charge in [0.25, 0.3) is 0 Å². The van der Waals surface area contributed by atoms with E-state index in [4.69, 9.17) is 9.47 Å². The molecule has 2 aromatic rings. The summed E-state index contributed by atoms with van der Waals surface area (Å²) in [5.74, 6) is -0.369. The van der Waals surface area contributed by atoms with Crippen LogP contribution in [0.3, 0.4) is 0 Å². The molecule has 5 atom stereocenters. The van der Waals surface area contributed by atoms with Gasteiger partial charge in [0.15, 0.2) is 6.23 Å². The zero-order valence-electron chi connectivity index (χ0n) is 15.3. The highest BCUT2D eigenvalue weighted by Gasteiger charge is 2.44. The summed E-state index contributed by atoms with van der Waals surface area (Å²) in [5, 5.41) is 40.7. The number of aromatic nitrogens is 1. The van der Waals surface area contributed by atoms with Gasteiger partial charge >= 0.3 is 5.97 Å². The first-order valence-electron chi connectivity index (χ1n) is 8.93. The Hall–Kier alpha value is -1.97. The fraction of sp³-hybridized carbons (Fsp3) is 0.526. The fourth-order valence-corrected chi connectivity index (χ4v) is 3.47. The molecule has 0 radical (unpaired) electrons. The van der Waals surface area contributed by atoms with Gasteiger partial charge in [-0.25, -0.2) is 0 Å². The Morgan fingerprint density at radius 2 is 1.96 bits per heavy atom. The lowest BCUT2D eigenvalue weighted by molar-refractivity contribution is -0.250. The van der Waals surface area contributed by atoms with Gasteiger partial charge in [0, 0.05) is 11.6 Å². The monoisotopic (exact) mass is 379 g/mol. The predicted molar refractivity (Wildman–Crippen MR) is 96.0 cm³/mol. The third-order valence-corrected chi connectivity index (χ3v) is 4.85. The molecular weight excluding hydrogens is 354 g/mol. The first-order valence-corrected chi connectivity index (χ1v) is 8.93. The van der Waals surface area contributed by atoms with Crippen LogP contribution in [0.2, 0.25) is 0 Å². The Morgan fingerprint density at radius 3 is 2.63 bits per heavy atom. The maximum Gasteiger partial charge on any atom is 0.310 e. The first kappa shape index (κ1) is 19.8. The van der Waals surface area contributed by atoms with Crippen LogP contribution in [0.1, 0.15) is 24.3 Å². The molecule has 8 heteroatoms. The maximum absolute atomic E-state index is 12.0. The van der Waals surface area contributed by atoms with Crippen molar-refractivity contribution < 1.29 is 34.7 Å². The number of aliphatic hydroxyl groups excluding tert-OH is 4. The number of carbonyl (C=O) groups excluding carboxylic acids is 1. The van der Waals surface area contributed by atoms with E-state index in [2.05, 4.69) is 0 Å². The lowest BCUT2D eigenvalue weighted by atomic mass is 9.98. The Balaban J connectivity index is 2.04. The Kier molecular flexibility index (Phi) is 5.83. The molecule has 1 aliphatic rings. The van der Waals surface area contributed by atoms with Gasteiger partial charge in [-0.05, 0) is 31.5 Å². The van der Waals surface area contributed by atoms with Crippen molar-refractivity contribution in [2.45, 2.75) is 50.9 Å². The summed E-state index contributed by atoms with van der Waals surface area (Å²) >= 11 is 0. The topological polar surface area (TPSA) is 121 Å². The molecule has 8 nitrogen and oxygen atoms in total. The molecule has 1 aliphatic heterocycles. The van der Waals surface area contributed by atoms with Crippen molar-refractivity contribution >= 4 is 16.9 Å². The number of rotatable bonds is 5. The SMILES string of the molecule is CCOC(=O)Cc1cn([C@@H]2O[C@H](CO)[C@@H](O)[C@H](O)[C@H]2O)c2ccc(C)cc12. The van der Waals surface area contributed by atoms with Gasteiger partial charge in [0.05, 0.1) is 25.2 Å². The minimum atomic E-state index is -1.47. The summed E-state index contributed by atoms with van der Waals surface area (Å²) in [6, 6.07) is 5.64. The van der Waals surface area contributed by atoms with E-state index < -0.39 is 37.3 Å². The van der Waals surface area contributed by atoms with E-state index in [-0.39, 0.29) is 19.0 Å². The third-order valence-electron chi connectivity index (χ3n) is 4.85. The molecule has 148 valence electrons. The number of esters is 1. The van der Waals surface area contributed by atoms with Crippen LogP contribution in [0.5, 0.6) is 0 Å². The van der Waals surface area contributed by atoms with Gasteiger partial charge < -0.3 is 34.5 Å². The number of nitrogens with zero attached hydrogens (tertiary/aromatic N) is 1. The molecule has 1 aromatic carbocycles. The number of hydrogen-bond donors (Lipinski definition) is 4. The molecule has 4 N–H and O–H groups in total. The summed E-state index contributed by atoms with van der Waals surface area (Å²) in [5.41, 5.74) is 2.40. The Morgan fingerprint density at radius 1 is 1.22 bits per heavy atom. The highest BCUT2D eigenvalue weighted by molar-refractivity contribution is 5.88. The van der Waals surface area contributed by atoms with Gasteiger partial charge in [0.2, 0.25) is 0 Å². The quantitative estimate of drug-likeness (QED) is 0.541. The lowest BCUT2D eigenvalue weighted by Gasteiger charge is -2.40. The van der Waals surface area contributed by atoms with Crippen LogP contribution in [0.4, 0.5) is 0 Å². The van der Waals surface area contributed by atoms with E-state index in [0.29, 0.717) is 11.1 Å². The normalized spacial score (nSPS) is 28.4. The minimum Gasteiger partial charge on any atom is -0.466 e. The number of fused-ring (bicyclic) bond motifs is 1. The second-order valence-corrected chi connectivity index (χ2v) is 6.78. The number of aryl methyl sites for hydroxylation is 1. The lowest BCUT2D eigenvalue weighted by Crippen LogP contribution is -2.56. The zero-order valence-corrected chi connectivity index (χ0v) is 15.3. The van der Waals surface area contributed by atoms with Crippen LogP contribution in [-0.4, -0.2) is 68.6 Å². The molecule has 1 saturated heterocycles. The number of benzene rings is 1. The van der Waals surface area contributed by atoms with Crippen LogP contribution in [0, 0.1) is 6.92 Å². The van der Waals surface area contributed by atoms with Crippen LogP contribution >= 0.6 is 0 Å². The fourth-order valence-electron chi connectivity index (χ4n) is 3.47. The first-order chi connectivity index (χ1) is 12.9. The molecule has 1 fully saturated rings. The summed E-state index contributed by atoms with van der Waals surface area (Å²) in [6.45, 7) is 3.44. The molecule has 0 amide bonds. The Bertz CT molecular complexity index is 816. The average Bonchev–Trinajstić information content (AvgIpc) is 2.97. The second-order valence-electron chi connectivity index (χ2n) is 6.78. The van der Waals surface area contributed by atoms with Crippen LogP contribution in [0.15, 0.2) is 24.4 Å². The molecule has 1 aromatic heterocycles. The molecule has 27 heavy (non-hydrogen) atoms. The number of hydrogen-bond acceptors (Lipinski definition) is 7. The molecular formula is C19H25NO7. The number of aliphatic hydroxyl groups is 4. The standard InChI is InChI=1S/C19H25NO7/c1-3-26-15(22)7-11-8-20(13-5-4-10(2)6-12(11)13)19-18(25)17(24)16(23)14(9-21)27-19/h4-6,8,14,16-19,21,23-25H,3,7,9H2,1-2H3/t14-,16-,17+,18-,19-/m1/s1. The summed E-state index contributed by atoms with van der Waals surface area (Å²) in [7, 11) is 0. The van der Waals surface area contributed by atoms with Crippen molar-refractivity contribution in [1.29, 1.82) is 0 Å². The molecule has 0 bridgehead atoms. The highest BCUT2D eigenvalue weighted by Crippen LogP contribution is 2.33. The largest absolute Gasteiger partial charge is 0.466 e. The molecule has 0 unspecified atom stereocenters. The van der Waals surface area contributed by atoms with Crippen LogP contribution in [-0.2, 0) is 20.7 Å². The predicted octanol–water partition coefficient (Wildman–Crippen LogP) is 0.0277. The van der Waals surface area contributed by atoms with E-state index in [1.54, 1.807) is 17.7 Å². The van der Waals surface area contributed by atoms with E-state index in [0.717, 1.165) is 10.9 Å². The van der Waals surface area contributed by atoms with Crippen LogP contribution < -0.4 is 0 Å². The summed E-state index contributed by atoms with van der Waals surface area (Å²) in [6.07, 6.45) is -4.62. The molecule has 0 saturated carbocycles. The van der Waals surface area contributed by atoms with Crippen molar-refractivity contribution in [3.05, 3.63) is 35.5 Å². The summed E-state index contributed by atoms with van der Waals surface area (Å²) < 4.78 is 12.3. The van der Waals surface area contributed by atoms with E-state index in [9.17, 15) is 25.2 Å². The van der Waals surface area contributed by atoms with Crippen molar-refractivity contribution in [3.8, 4) is 0 Å². The number of carbonyl (C=O) groups is 1. The van der Waals surface area contributed by atoms with Crippen molar-refractivity contribution in [2.24, 2.45) is 0 Å². The van der Waals surface area contributed by atoms with Gasteiger partial charge in [-0.3, -0.25) is 4.79 Å².